The third-order valence-corrected chi connectivity index (χ3v) is 3.56. The van der Waals surface area contributed by atoms with Crippen molar-refractivity contribution in [2.45, 2.75) is 6.61 Å². The molecule has 4 nitrogen and oxygen atoms in total. The first-order valence-corrected chi connectivity index (χ1v) is 7.14. The third kappa shape index (κ3) is 4.07. The Morgan fingerprint density at radius 2 is 2.00 bits per heavy atom. The lowest BCUT2D eigenvalue weighted by molar-refractivity contribution is 0.282. The summed E-state index contributed by atoms with van der Waals surface area (Å²) >= 11 is 2.11. The molecule has 0 unspecified atom stereocenters. The van der Waals surface area contributed by atoms with Gasteiger partial charge in [0.1, 0.15) is 12.4 Å². The van der Waals surface area contributed by atoms with Crippen LogP contribution in [0.5, 0.6) is 11.5 Å². The molecule has 1 N–H and O–H groups in total. The lowest BCUT2D eigenvalue weighted by Gasteiger charge is -2.13. The predicted octanol–water partition coefficient (Wildman–Crippen LogP) is 3.83. The average molecular weight is 401 g/mol. The number of hydrogen-bond donors (Lipinski definition) is 1. The number of rotatable bonds is 5. The summed E-state index contributed by atoms with van der Waals surface area (Å²) in [4.78, 5) is 0. The maximum absolute atomic E-state index is 12.9. The fourth-order valence-corrected chi connectivity index (χ4v) is 2.54. The Balaban J connectivity index is 2.20. The minimum atomic E-state index is -0.279. The predicted molar refractivity (Wildman–Crippen MR) is 85.8 cm³/mol. The number of oxime groups is 1. The zero-order valence-corrected chi connectivity index (χ0v) is 13.4. The molecule has 2 rings (SSSR count). The molecule has 0 radical (unpaired) electrons. The summed E-state index contributed by atoms with van der Waals surface area (Å²) in [5, 5.41) is 11.6. The highest BCUT2D eigenvalue weighted by atomic mass is 127. The van der Waals surface area contributed by atoms with Gasteiger partial charge in [-0.05, 0) is 52.4 Å². The molecule has 2 aromatic rings. The summed E-state index contributed by atoms with van der Waals surface area (Å²) in [7, 11) is 1.54. The van der Waals surface area contributed by atoms with Crippen molar-refractivity contribution in [3.63, 3.8) is 0 Å². The van der Waals surface area contributed by atoms with Gasteiger partial charge in [0.25, 0.3) is 0 Å². The molecule has 0 aliphatic heterocycles. The van der Waals surface area contributed by atoms with E-state index in [0.29, 0.717) is 23.7 Å². The molecule has 0 heterocycles. The van der Waals surface area contributed by atoms with Gasteiger partial charge in [-0.3, -0.25) is 0 Å². The van der Waals surface area contributed by atoms with E-state index >= 15 is 0 Å². The van der Waals surface area contributed by atoms with E-state index in [2.05, 4.69) is 27.7 Å². The third-order valence-electron chi connectivity index (χ3n) is 2.76. The maximum atomic E-state index is 12.9. The lowest BCUT2D eigenvalue weighted by Crippen LogP contribution is -2.01. The van der Waals surface area contributed by atoms with Gasteiger partial charge in [-0.25, -0.2) is 4.39 Å². The van der Waals surface area contributed by atoms with Crippen LogP contribution in [-0.2, 0) is 6.61 Å². The van der Waals surface area contributed by atoms with E-state index in [0.717, 1.165) is 9.13 Å². The van der Waals surface area contributed by atoms with Crippen molar-refractivity contribution < 1.29 is 19.1 Å². The Kier molecular flexibility index (Phi) is 5.38. The monoisotopic (exact) mass is 401 g/mol. The zero-order chi connectivity index (χ0) is 15.2. The van der Waals surface area contributed by atoms with Crippen molar-refractivity contribution >= 4 is 28.8 Å². The van der Waals surface area contributed by atoms with Crippen LogP contribution >= 0.6 is 22.6 Å². The summed E-state index contributed by atoms with van der Waals surface area (Å²) in [5.74, 6) is 0.856. The summed E-state index contributed by atoms with van der Waals surface area (Å²) in [6.45, 7) is 0.306. The molecule has 0 aliphatic rings. The standard InChI is InChI=1S/C15H13FINO3/c1-20-14-7-11(8-18-19)6-13(17)15(14)21-9-10-2-4-12(16)5-3-10/h2-8,19H,9H2,1H3/b18-8-. The van der Waals surface area contributed by atoms with Crippen LogP contribution < -0.4 is 9.47 Å². The second-order valence-electron chi connectivity index (χ2n) is 4.19. The quantitative estimate of drug-likeness (QED) is 0.359. The van der Waals surface area contributed by atoms with Gasteiger partial charge in [0.05, 0.1) is 16.9 Å². The number of methoxy groups -OCH3 is 1. The Bertz CT molecular complexity index is 644. The fraction of sp³-hybridized carbons (Fsp3) is 0.133. The summed E-state index contributed by atoms with van der Waals surface area (Å²) in [5.41, 5.74) is 1.56. The maximum Gasteiger partial charge on any atom is 0.174 e. The largest absolute Gasteiger partial charge is 0.493 e. The molecule has 0 amide bonds. The number of hydrogen-bond acceptors (Lipinski definition) is 4. The van der Waals surface area contributed by atoms with Crippen LogP contribution in [-0.4, -0.2) is 18.5 Å². The number of halogens is 2. The van der Waals surface area contributed by atoms with Crippen LogP contribution in [0.3, 0.4) is 0 Å². The smallest absolute Gasteiger partial charge is 0.174 e. The van der Waals surface area contributed by atoms with Crippen molar-refractivity contribution in [2.24, 2.45) is 5.16 Å². The van der Waals surface area contributed by atoms with E-state index in [-0.39, 0.29) is 5.82 Å². The van der Waals surface area contributed by atoms with Crippen molar-refractivity contribution in [3.05, 3.63) is 56.9 Å². The van der Waals surface area contributed by atoms with Gasteiger partial charge in [-0.2, -0.15) is 0 Å². The summed E-state index contributed by atoms with van der Waals surface area (Å²) in [6.07, 6.45) is 1.31. The number of nitrogens with zero attached hydrogens (tertiary/aromatic N) is 1. The lowest BCUT2D eigenvalue weighted by atomic mass is 10.2. The molecule has 0 bridgehead atoms. The van der Waals surface area contributed by atoms with Crippen molar-refractivity contribution in [1.82, 2.24) is 0 Å². The first-order valence-electron chi connectivity index (χ1n) is 6.06. The highest BCUT2D eigenvalue weighted by molar-refractivity contribution is 14.1. The van der Waals surface area contributed by atoms with Gasteiger partial charge in [-0.15, -0.1) is 0 Å². The zero-order valence-electron chi connectivity index (χ0n) is 11.2. The van der Waals surface area contributed by atoms with Crippen LogP contribution in [0.4, 0.5) is 4.39 Å². The molecule has 0 spiro atoms. The fourth-order valence-electron chi connectivity index (χ4n) is 1.76. The van der Waals surface area contributed by atoms with E-state index in [1.54, 1.807) is 18.2 Å². The van der Waals surface area contributed by atoms with E-state index in [4.69, 9.17) is 14.7 Å². The average Bonchev–Trinajstić information content (AvgIpc) is 2.47. The molecule has 6 heteroatoms. The van der Waals surface area contributed by atoms with E-state index in [1.807, 2.05) is 6.07 Å². The number of ether oxygens (including phenoxy) is 2. The second kappa shape index (κ2) is 7.26. The topological polar surface area (TPSA) is 51.0 Å². The van der Waals surface area contributed by atoms with Crippen molar-refractivity contribution in [1.29, 1.82) is 0 Å². The van der Waals surface area contributed by atoms with Crippen molar-refractivity contribution in [2.75, 3.05) is 7.11 Å². The Morgan fingerprint density at radius 3 is 2.62 bits per heavy atom. The highest BCUT2D eigenvalue weighted by Gasteiger charge is 2.11. The van der Waals surface area contributed by atoms with Crippen LogP contribution in [0.1, 0.15) is 11.1 Å². The molecular weight excluding hydrogens is 388 g/mol. The van der Waals surface area contributed by atoms with Crippen LogP contribution in [0.15, 0.2) is 41.6 Å². The molecule has 0 atom stereocenters. The van der Waals surface area contributed by atoms with Gasteiger partial charge in [0, 0.05) is 5.56 Å². The Hall–Kier alpha value is -1.83. The molecule has 2 aromatic carbocycles. The Labute approximate surface area is 135 Å². The van der Waals surface area contributed by atoms with E-state index in [9.17, 15) is 4.39 Å². The molecule has 0 saturated heterocycles. The summed E-state index contributed by atoms with van der Waals surface area (Å²) < 4.78 is 24.7. The van der Waals surface area contributed by atoms with Crippen LogP contribution in [0.25, 0.3) is 0 Å². The van der Waals surface area contributed by atoms with Gasteiger partial charge in [0.15, 0.2) is 11.5 Å². The minimum absolute atomic E-state index is 0.279. The van der Waals surface area contributed by atoms with Crippen LogP contribution in [0.2, 0.25) is 0 Å². The molecule has 0 aromatic heterocycles. The first-order chi connectivity index (χ1) is 10.1. The number of benzene rings is 2. The van der Waals surface area contributed by atoms with E-state index < -0.39 is 0 Å². The van der Waals surface area contributed by atoms with Gasteiger partial charge in [0.2, 0.25) is 0 Å². The summed E-state index contributed by atoms with van der Waals surface area (Å²) in [6, 6.07) is 9.64. The van der Waals surface area contributed by atoms with Gasteiger partial charge < -0.3 is 14.7 Å². The SMILES string of the molecule is COc1cc(/C=N\O)cc(I)c1OCc1ccc(F)cc1. The van der Waals surface area contributed by atoms with Crippen molar-refractivity contribution in [3.8, 4) is 11.5 Å². The molecule has 110 valence electrons. The van der Waals surface area contributed by atoms with E-state index in [1.165, 1.54) is 25.5 Å². The highest BCUT2D eigenvalue weighted by Crippen LogP contribution is 2.34. The molecule has 0 fully saturated rings. The molecule has 0 saturated carbocycles. The second-order valence-corrected chi connectivity index (χ2v) is 5.36. The first kappa shape index (κ1) is 15.6. The Morgan fingerprint density at radius 1 is 1.29 bits per heavy atom. The van der Waals surface area contributed by atoms with Gasteiger partial charge in [-0.1, -0.05) is 17.3 Å². The normalized spacial score (nSPS) is 10.8. The molecule has 0 aliphatic carbocycles. The van der Waals surface area contributed by atoms with Crippen LogP contribution in [0, 0.1) is 9.39 Å². The van der Waals surface area contributed by atoms with Gasteiger partial charge >= 0.3 is 0 Å². The molecular formula is C15H13FINO3. The molecule has 21 heavy (non-hydrogen) atoms. The minimum Gasteiger partial charge on any atom is -0.493 e.